The van der Waals surface area contributed by atoms with Crippen molar-refractivity contribution in [3.05, 3.63) is 15.1 Å². The first kappa shape index (κ1) is 8.99. The molecule has 0 fully saturated rings. The van der Waals surface area contributed by atoms with Gasteiger partial charge in [0.1, 0.15) is 3.70 Å². The van der Waals surface area contributed by atoms with Gasteiger partial charge >= 0.3 is 0 Å². The molecule has 0 N–H and O–H groups in total. The number of halogens is 2. The van der Waals surface area contributed by atoms with Gasteiger partial charge in [-0.15, -0.1) is 0 Å². The predicted molar refractivity (Wildman–Crippen MR) is 54.1 cm³/mol. The van der Waals surface area contributed by atoms with Crippen LogP contribution in [0.3, 0.4) is 0 Å². The highest BCUT2D eigenvalue weighted by Crippen LogP contribution is 2.18. The van der Waals surface area contributed by atoms with Crippen LogP contribution >= 0.6 is 34.2 Å². The van der Waals surface area contributed by atoms with Crippen molar-refractivity contribution in [2.45, 2.75) is 0 Å². The quantitative estimate of drug-likeness (QED) is 0.736. The zero-order valence-corrected chi connectivity index (χ0v) is 9.09. The zero-order chi connectivity index (χ0) is 8.43. The monoisotopic (exact) mass is 283 g/mol. The summed E-state index contributed by atoms with van der Waals surface area (Å²) < 4.78 is 0.804. The van der Waals surface area contributed by atoms with Crippen molar-refractivity contribution in [1.29, 1.82) is 0 Å². The Bertz CT molecular complexity index is 264. The third-order valence-corrected chi connectivity index (χ3v) is 1.88. The molecule has 0 bridgehead atoms. The molecular weight excluding hydrogens is 276 g/mol. The number of aromatic nitrogens is 2. The first-order valence-corrected chi connectivity index (χ1v) is 4.42. The van der Waals surface area contributed by atoms with Gasteiger partial charge < -0.3 is 4.90 Å². The van der Waals surface area contributed by atoms with Crippen molar-refractivity contribution in [3.8, 4) is 0 Å². The fraction of sp³-hybridized carbons (Fsp3) is 0.333. The largest absolute Gasteiger partial charge is 0.360 e. The van der Waals surface area contributed by atoms with Crippen molar-refractivity contribution in [1.82, 2.24) is 9.97 Å². The molecule has 0 saturated heterocycles. The molecule has 3 nitrogen and oxygen atoms in total. The molecule has 0 unspecified atom stereocenters. The summed E-state index contributed by atoms with van der Waals surface area (Å²) >= 11 is 7.87. The van der Waals surface area contributed by atoms with Crippen molar-refractivity contribution >= 4 is 40.0 Å². The second kappa shape index (κ2) is 3.53. The number of anilines is 1. The van der Waals surface area contributed by atoms with E-state index in [0.717, 1.165) is 3.70 Å². The summed E-state index contributed by atoms with van der Waals surface area (Å²) in [5.74, 6) is 0.701. The van der Waals surface area contributed by atoms with Crippen LogP contribution in [0.15, 0.2) is 6.20 Å². The normalized spacial score (nSPS) is 9.82. The fourth-order valence-corrected chi connectivity index (χ4v) is 1.47. The number of hydrogen-bond donors (Lipinski definition) is 0. The van der Waals surface area contributed by atoms with E-state index in [9.17, 15) is 0 Å². The topological polar surface area (TPSA) is 29.0 Å². The Kier molecular flexibility index (Phi) is 2.89. The van der Waals surface area contributed by atoms with Crippen LogP contribution in [-0.2, 0) is 0 Å². The molecule has 1 aromatic rings. The average Bonchev–Trinajstić information content (AvgIpc) is 1.85. The molecule has 0 amide bonds. The van der Waals surface area contributed by atoms with E-state index in [4.69, 9.17) is 11.6 Å². The second-order valence-corrected chi connectivity index (χ2v) is 3.66. The molecule has 1 heterocycles. The highest BCUT2D eigenvalue weighted by Gasteiger charge is 2.04. The molecule has 1 rings (SSSR count). The lowest BCUT2D eigenvalue weighted by Crippen LogP contribution is -2.11. The van der Waals surface area contributed by atoms with Gasteiger partial charge in [-0.1, -0.05) is 11.6 Å². The van der Waals surface area contributed by atoms with Crippen LogP contribution < -0.4 is 4.90 Å². The van der Waals surface area contributed by atoms with Gasteiger partial charge in [0.15, 0.2) is 11.0 Å². The first-order chi connectivity index (χ1) is 5.11. The second-order valence-electron chi connectivity index (χ2n) is 2.20. The van der Waals surface area contributed by atoms with Gasteiger partial charge in [-0.3, -0.25) is 0 Å². The van der Waals surface area contributed by atoms with Crippen LogP contribution in [0.2, 0.25) is 5.15 Å². The molecule has 0 saturated carbocycles. The van der Waals surface area contributed by atoms with Gasteiger partial charge in [0.05, 0.1) is 6.20 Å². The first-order valence-electron chi connectivity index (χ1n) is 2.96. The summed E-state index contributed by atoms with van der Waals surface area (Å²) in [6.45, 7) is 0. The Balaban J connectivity index is 3.09. The summed E-state index contributed by atoms with van der Waals surface area (Å²) in [6.07, 6.45) is 1.68. The Hall–Kier alpha value is -0.100. The fourth-order valence-electron chi connectivity index (χ4n) is 0.640. The van der Waals surface area contributed by atoms with E-state index in [0.29, 0.717) is 11.0 Å². The van der Waals surface area contributed by atoms with Crippen molar-refractivity contribution < 1.29 is 0 Å². The van der Waals surface area contributed by atoms with Crippen LogP contribution in [0.25, 0.3) is 0 Å². The van der Waals surface area contributed by atoms with E-state index in [1.165, 1.54) is 0 Å². The van der Waals surface area contributed by atoms with Crippen molar-refractivity contribution in [3.63, 3.8) is 0 Å². The maximum atomic E-state index is 5.80. The van der Waals surface area contributed by atoms with Crippen LogP contribution in [0, 0.1) is 3.70 Å². The molecular formula is C6H7ClIN3. The molecule has 0 aliphatic rings. The van der Waals surface area contributed by atoms with Crippen LogP contribution in [0.4, 0.5) is 5.82 Å². The molecule has 5 heteroatoms. The third-order valence-electron chi connectivity index (χ3n) is 1.11. The average molecular weight is 284 g/mol. The predicted octanol–water partition coefficient (Wildman–Crippen LogP) is 1.80. The lowest BCUT2D eigenvalue weighted by atomic mass is 10.6. The van der Waals surface area contributed by atoms with E-state index in [-0.39, 0.29) is 0 Å². The lowest BCUT2D eigenvalue weighted by molar-refractivity contribution is 1.03. The number of hydrogen-bond acceptors (Lipinski definition) is 3. The van der Waals surface area contributed by atoms with Gasteiger partial charge in [-0.25, -0.2) is 9.97 Å². The minimum absolute atomic E-state index is 0.446. The van der Waals surface area contributed by atoms with Gasteiger partial charge in [0.2, 0.25) is 0 Å². The highest BCUT2D eigenvalue weighted by atomic mass is 127. The molecule has 0 spiro atoms. The SMILES string of the molecule is CN(C)c1ncc(I)nc1Cl. The van der Waals surface area contributed by atoms with Crippen LogP contribution in [0.1, 0.15) is 0 Å². The van der Waals surface area contributed by atoms with Gasteiger partial charge in [-0.2, -0.15) is 0 Å². The Morgan fingerprint density at radius 1 is 1.55 bits per heavy atom. The van der Waals surface area contributed by atoms with Gasteiger partial charge in [0, 0.05) is 14.1 Å². The minimum Gasteiger partial charge on any atom is -0.360 e. The Labute approximate surface area is 83.9 Å². The Morgan fingerprint density at radius 2 is 2.18 bits per heavy atom. The standard InChI is InChI=1S/C6H7ClIN3/c1-11(2)6-5(7)10-4(8)3-9-6/h3H,1-2H3. The van der Waals surface area contributed by atoms with Crippen molar-refractivity contribution in [2.75, 3.05) is 19.0 Å². The van der Waals surface area contributed by atoms with E-state index in [1.54, 1.807) is 6.20 Å². The molecule has 60 valence electrons. The number of nitrogens with zero attached hydrogens (tertiary/aromatic N) is 3. The molecule has 0 atom stereocenters. The third kappa shape index (κ3) is 2.16. The van der Waals surface area contributed by atoms with E-state index in [1.807, 2.05) is 19.0 Å². The van der Waals surface area contributed by atoms with E-state index < -0.39 is 0 Å². The molecule has 1 aromatic heterocycles. The molecule has 0 aromatic carbocycles. The highest BCUT2D eigenvalue weighted by molar-refractivity contribution is 14.1. The minimum atomic E-state index is 0.446. The summed E-state index contributed by atoms with van der Waals surface area (Å²) in [6, 6.07) is 0. The maximum absolute atomic E-state index is 5.80. The summed E-state index contributed by atoms with van der Waals surface area (Å²) in [4.78, 5) is 9.97. The smallest absolute Gasteiger partial charge is 0.172 e. The van der Waals surface area contributed by atoms with Crippen LogP contribution in [-0.4, -0.2) is 24.1 Å². The van der Waals surface area contributed by atoms with Gasteiger partial charge in [-0.05, 0) is 22.6 Å². The molecule has 0 aliphatic carbocycles. The van der Waals surface area contributed by atoms with Gasteiger partial charge in [0.25, 0.3) is 0 Å². The lowest BCUT2D eigenvalue weighted by Gasteiger charge is -2.11. The van der Waals surface area contributed by atoms with Crippen LogP contribution in [0.5, 0.6) is 0 Å². The molecule has 11 heavy (non-hydrogen) atoms. The Morgan fingerprint density at radius 3 is 2.64 bits per heavy atom. The summed E-state index contributed by atoms with van der Waals surface area (Å²) in [5, 5.41) is 0.446. The summed E-state index contributed by atoms with van der Waals surface area (Å²) in [5.41, 5.74) is 0. The maximum Gasteiger partial charge on any atom is 0.172 e. The number of rotatable bonds is 1. The van der Waals surface area contributed by atoms with E-state index in [2.05, 4.69) is 32.6 Å². The molecule has 0 radical (unpaired) electrons. The molecule has 0 aliphatic heterocycles. The van der Waals surface area contributed by atoms with Crippen molar-refractivity contribution in [2.24, 2.45) is 0 Å². The van der Waals surface area contributed by atoms with E-state index >= 15 is 0 Å². The zero-order valence-electron chi connectivity index (χ0n) is 6.17. The summed E-state index contributed by atoms with van der Waals surface area (Å²) in [7, 11) is 3.76.